The van der Waals surface area contributed by atoms with Crippen LogP contribution in [0.1, 0.15) is 6.42 Å². The molecule has 13 heteroatoms. The number of rotatable bonds is 4. The first-order chi connectivity index (χ1) is 12.7. The van der Waals surface area contributed by atoms with Gasteiger partial charge in [-0.3, -0.25) is 5.10 Å². The van der Waals surface area contributed by atoms with Gasteiger partial charge in [-0.2, -0.15) is 18.3 Å². The smallest absolute Gasteiger partial charge is 0.355 e. The van der Waals surface area contributed by atoms with Crippen molar-refractivity contribution >= 4 is 37.8 Å². The molecular formula is C14H14F3N7O2S. The lowest BCUT2D eigenvalue weighted by Crippen LogP contribution is -2.41. The molecule has 0 spiro atoms. The molecule has 9 nitrogen and oxygen atoms in total. The Morgan fingerprint density at radius 2 is 2.15 bits per heavy atom. The number of fused-ring (bicyclic) bond motifs is 3. The number of sulfonamides is 1. The highest BCUT2D eigenvalue weighted by Crippen LogP contribution is 2.30. The Labute approximate surface area is 151 Å². The first-order valence-corrected chi connectivity index (χ1v) is 9.63. The van der Waals surface area contributed by atoms with E-state index in [1.54, 1.807) is 12.3 Å². The lowest BCUT2D eigenvalue weighted by atomic mass is 10.2. The van der Waals surface area contributed by atoms with Crippen LogP contribution in [-0.2, 0) is 10.0 Å². The van der Waals surface area contributed by atoms with E-state index >= 15 is 0 Å². The van der Waals surface area contributed by atoms with Gasteiger partial charge in [-0.25, -0.2) is 18.1 Å². The number of anilines is 1. The van der Waals surface area contributed by atoms with Crippen LogP contribution in [0.3, 0.4) is 0 Å². The molecule has 1 fully saturated rings. The van der Waals surface area contributed by atoms with Crippen molar-refractivity contribution in [2.24, 2.45) is 0 Å². The van der Waals surface area contributed by atoms with E-state index < -0.39 is 28.0 Å². The first-order valence-electron chi connectivity index (χ1n) is 7.98. The molecule has 0 aliphatic carbocycles. The number of nitrogens with zero attached hydrogens (tertiary/aromatic N) is 5. The Hall–Kier alpha value is -2.54. The third-order valence-corrected chi connectivity index (χ3v) is 5.66. The topological polar surface area (TPSA) is 117 Å². The molecule has 1 saturated heterocycles. The summed E-state index contributed by atoms with van der Waals surface area (Å²) in [6.45, 7) is 0.640. The van der Waals surface area contributed by atoms with Crippen molar-refractivity contribution in [3.8, 4) is 0 Å². The van der Waals surface area contributed by atoms with Gasteiger partial charge in [0.15, 0.2) is 11.4 Å². The Kier molecular flexibility index (Phi) is 4.14. The van der Waals surface area contributed by atoms with E-state index in [0.29, 0.717) is 29.9 Å². The predicted molar refractivity (Wildman–Crippen MR) is 90.6 cm³/mol. The van der Waals surface area contributed by atoms with E-state index in [-0.39, 0.29) is 6.54 Å². The zero-order valence-corrected chi connectivity index (χ0v) is 14.5. The van der Waals surface area contributed by atoms with Gasteiger partial charge in [0.05, 0.1) is 11.6 Å². The summed E-state index contributed by atoms with van der Waals surface area (Å²) in [7, 11) is -4.46. The molecule has 0 saturated carbocycles. The fourth-order valence-electron chi connectivity index (χ4n) is 3.24. The predicted octanol–water partition coefficient (Wildman–Crippen LogP) is 0.961. The fraction of sp³-hybridized carbons (Fsp3) is 0.429. The summed E-state index contributed by atoms with van der Waals surface area (Å²) < 4.78 is 62.7. The summed E-state index contributed by atoms with van der Waals surface area (Å²) in [4.78, 5) is 5.93. The third-order valence-electron chi connectivity index (χ3n) is 4.26. The second kappa shape index (κ2) is 6.27. The summed E-state index contributed by atoms with van der Waals surface area (Å²) in [5, 5.41) is 16.5. The lowest BCUT2D eigenvalue weighted by Gasteiger charge is -2.20. The zero-order valence-electron chi connectivity index (χ0n) is 13.7. The van der Waals surface area contributed by atoms with Crippen LogP contribution in [-0.4, -0.2) is 64.9 Å². The summed E-state index contributed by atoms with van der Waals surface area (Å²) in [6.07, 6.45) is -1.31. The molecule has 1 atom stereocenters. The molecule has 4 rings (SSSR count). The Morgan fingerprint density at radius 3 is 2.93 bits per heavy atom. The van der Waals surface area contributed by atoms with Gasteiger partial charge in [0.1, 0.15) is 11.3 Å². The van der Waals surface area contributed by atoms with Crippen LogP contribution in [0, 0.1) is 0 Å². The average molecular weight is 401 g/mol. The lowest BCUT2D eigenvalue weighted by molar-refractivity contribution is -0.106. The molecule has 1 aliphatic rings. The SMILES string of the molecule is O=S(=O)(CC(F)(F)F)NC1CCN(c2[nH]ncc3nnc4nccc4c23)C1. The summed E-state index contributed by atoms with van der Waals surface area (Å²) in [5.74, 6) is -1.30. The Balaban J connectivity index is 1.60. The van der Waals surface area contributed by atoms with E-state index in [1.165, 1.54) is 6.20 Å². The van der Waals surface area contributed by atoms with Crippen molar-refractivity contribution in [3.63, 3.8) is 0 Å². The maximum absolute atomic E-state index is 12.4. The molecule has 1 aliphatic heterocycles. The molecule has 0 radical (unpaired) electrons. The monoisotopic (exact) mass is 401 g/mol. The summed E-state index contributed by atoms with van der Waals surface area (Å²) in [6, 6.07) is 1.15. The molecule has 2 N–H and O–H groups in total. The van der Waals surface area contributed by atoms with Gasteiger partial charge in [-0.05, 0) is 12.5 Å². The highest BCUT2D eigenvalue weighted by atomic mass is 32.2. The van der Waals surface area contributed by atoms with Crippen molar-refractivity contribution in [3.05, 3.63) is 18.5 Å². The van der Waals surface area contributed by atoms with Gasteiger partial charge in [-0.1, -0.05) is 0 Å². The fourth-order valence-corrected chi connectivity index (χ4v) is 4.45. The van der Waals surface area contributed by atoms with Crippen LogP contribution >= 0.6 is 0 Å². The zero-order chi connectivity index (χ0) is 19.2. The minimum absolute atomic E-state index is 0.201. The van der Waals surface area contributed by atoms with Crippen molar-refractivity contribution in [1.29, 1.82) is 0 Å². The third kappa shape index (κ3) is 3.64. The number of nitrogens with one attached hydrogen (secondary N) is 2. The van der Waals surface area contributed by atoms with Crippen molar-refractivity contribution in [1.82, 2.24) is 30.1 Å². The average Bonchev–Trinajstić information content (AvgIpc) is 3.20. The quantitative estimate of drug-likeness (QED) is 0.669. The number of aromatic amines is 1. The van der Waals surface area contributed by atoms with E-state index in [2.05, 4.69) is 30.1 Å². The molecule has 0 bridgehead atoms. The molecule has 0 aromatic carbocycles. The number of halogens is 3. The van der Waals surface area contributed by atoms with Gasteiger partial charge in [0, 0.05) is 30.7 Å². The van der Waals surface area contributed by atoms with Gasteiger partial charge >= 0.3 is 6.18 Å². The summed E-state index contributed by atoms with van der Waals surface area (Å²) >= 11 is 0. The van der Waals surface area contributed by atoms with Crippen LogP contribution in [0.4, 0.5) is 19.0 Å². The largest absolute Gasteiger partial charge is 0.404 e. The normalized spacial score (nSPS) is 18.6. The molecular weight excluding hydrogens is 387 g/mol. The second-order valence-corrected chi connectivity index (χ2v) is 8.04. The minimum Gasteiger partial charge on any atom is -0.355 e. The van der Waals surface area contributed by atoms with Gasteiger partial charge < -0.3 is 4.90 Å². The van der Waals surface area contributed by atoms with Crippen LogP contribution in [0.5, 0.6) is 0 Å². The highest BCUT2D eigenvalue weighted by molar-refractivity contribution is 7.89. The van der Waals surface area contributed by atoms with Crippen LogP contribution in [0.2, 0.25) is 0 Å². The molecule has 4 heterocycles. The first kappa shape index (κ1) is 17.9. The van der Waals surface area contributed by atoms with Crippen molar-refractivity contribution in [2.75, 3.05) is 23.7 Å². The van der Waals surface area contributed by atoms with Crippen LogP contribution in [0.25, 0.3) is 21.9 Å². The van der Waals surface area contributed by atoms with Gasteiger partial charge in [0.2, 0.25) is 10.0 Å². The van der Waals surface area contributed by atoms with E-state index in [4.69, 9.17) is 0 Å². The van der Waals surface area contributed by atoms with E-state index in [0.717, 1.165) is 10.8 Å². The highest BCUT2D eigenvalue weighted by Gasteiger charge is 2.37. The number of H-pyrrole nitrogens is 1. The molecule has 3 aromatic heterocycles. The second-order valence-electron chi connectivity index (χ2n) is 6.28. The van der Waals surface area contributed by atoms with Crippen LogP contribution < -0.4 is 9.62 Å². The van der Waals surface area contributed by atoms with Gasteiger partial charge in [-0.15, -0.1) is 10.2 Å². The molecule has 3 aromatic rings. The minimum atomic E-state index is -4.79. The number of hydrogen-bond donors (Lipinski definition) is 2. The standard InChI is InChI=1S/C14H14F3N7O2S/c15-14(16,17)7-27(25,26)23-8-2-4-24(6-8)13-11-9-1-3-18-12(9)21-20-10(11)5-19-22-13/h1,3,5,8,22-23H,2,4,6-7H2. The maximum Gasteiger partial charge on any atom is 0.404 e. The molecule has 144 valence electrons. The van der Waals surface area contributed by atoms with E-state index in [9.17, 15) is 21.6 Å². The number of aromatic nitrogens is 5. The summed E-state index contributed by atoms with van der Waals surface area (Å²) in [5.41, 5.74) is 0.996. The Morgan fingerprint density at radius 1 is 1.33 bits per heavy atom. The number of hydrogen-bond acceptors (Lipinski definition) is 7. The molecule has 27 heavy (non-hydrogen) atoms. The van der Waals surface area contributed by atoms with Crippen LogP contribution in [0.15, 0.2) is 18.5 Å². The molecule has 0 amide bonds. The van der Waals surface area contributed by atoms with Gasteiger partial charge in [0.25, 0.3) is 0 Å². The van der Waals surface area contributed by atoms with Crippen molar-refractivity contribution in [2.45, 2.75) is 18.6 Å². The Bertz CT molecular complexity index is 1100. The van der Waals surface area contributed by atoms with Crippen molar-refractivity contribution < 1.29 is 21.6 Å². The molecule has 1 unspecified atom stereocenters. The van der Waals surface area contributed by atoms with E-state index in [1.807, 2.05) is 4.90 Å². The number of alkyl halides is 3. The maximum atomic E-state index is 12.4.